The van der Waals surface area contributed by atoms with E-state index >= 15 is 0 Å². The number of amides is 1. The molecule has 0 aromatic carbocycles. The number of cyclic esters (lactones) is 1. The van der Waals surface area contributed by atoms with Crippen LogP contribution in [0, 0.1) is 5.41 Å². The van der Waals surface area contributed by atoms with E-state index in [0.29, 0.717) is 24.1 Å². The smallest absolute Gasteiger partial charge is 0.333 e. The van der Waals surface area contributed by atoms with Crippen LogP contribution in [0.25, 0.3) is 5.82 Å². The Morgan fingerprint density at radius 1 is 1.23 bits per heavy atom. The average Bonchev–Trinajstić information content (AvgIpc) is 3.50. The fraction of sp³-hybridized carbons (Fsp3) is 0.550. The van der Waals surface area contributed by atoms with Crippen molar-refractivity contribution in [1.82, 2.24) is 40.6 Å². The number of carbonyl (C=O) groups excluding carboxylic acids is 2. The molecule has 0 unspecified atom stereocenters. The quantitative estimate of drug-likeness (QED) is 0.684. The van der Waals surface area contributed by atoms with Gasteiger partial charge in [0.1, 0.15) is 12.9 Å². The molecule has 1 amide bonds. The number of nitrogens with one attached hydrogen (secondary N) is 1. The molecule has 1 spiro atoms. The molecule has 1 saturated carbocycles. The first kappa shape index (κ1) is 19.7. The minimum absolute atomic E-state index is 0.0896. The van der Waals surface area contributed by atoms with E-state index in [0.717, 1.165) is 37.8 Å². The lowest BCUT2D eigenvalue weighted by molar-refractivity contribution is -0.138. The summed E-state index contributed by atoms with van der Waals surface area (Å²) in [6.07, 6.45) is 7.29. The average molecular weight is 424 g/mol. The van der Waals surface area contributed by atoms with E-state index in [2.05, 4.69) is 38.0 Å². The second-order valence-corrected chi connectivity index (χ2v) is 8.54. The van der Waals surface area contributed by atoms with Gasteiger partial charge >= 0.3 is 5.97 Å². The van der Waals surface area contributed by atoms with E-state index in [1.54, 1.807) is 4.90 Å². The second-order valence-electron chi connectivity index (χ2n) is 8.54. The summed E-state index contributed by atoms with van der Waals surface area (Å²) < 4.78 is 6.47. The van der Waals surface area contributed by atoms with Gasteiger partial charge in [-0.3, -0.25) is 4.79 Å². The molecule has 11 heteroatoms. The predicted molar refractivity (Wildman–Crippen MR) is 106 cm³/mol. The van der Waals surface area contributed by atoms with Gasteiger partial charge in [-0.05, 0) is 61.6 Å². The minimum atomic E-state index is -0.363. The van der Waals surface area contributed by atoms with Crippen LogP contribution in [0.3, 0.4) is 0 Å². The summed E-state index contributed by atoms with van der Waals surface area (Å²) in [6, 6.07) is 4.15. The van der Waals surface area contributed by atoms with E-state index in [4.69, 9.17) is 4.74 Å². The fourth-order valence-corrected chi connectivity index (χ4v) is 4.99. The van der Waals surface area contributed by atoms with E-state index in [1.165, 1.54) is 17.1 Å². The molecule has 162 valence electrons. The molecule has 2 aliphatic heterocycles. The molecular formula is C20H24N8O3. The summed E-state index contributed by atoms with van der Waals surface area (Å²) in [4.78, 5) is 26.5. The number of tetrazole rings is 1. The Kier molecular flexibility index (Phi) is 4.97. The second kappa shape index (κ2) is 7.80. The Hall–Kier alpha value is -3.21. The number of ether oxygens (including phenoxy) is 1. The van der Waals surface area contributed by atoms with Gasteiger partial charge in [0, 0.05) is 24.7 Å². The maximum absolute atomic E-state index is 13.3. The molecule has 1 atom stereocenters. The van der Waals surface area contributed by atoms with Crippen LogP contribution in [-0.4, -0.2) is 65.9 Å². The highest BCUT2D eigenvalue weighted by Crippen LogP contribution is 2.48. The molecule has 2 aromatic rings. The highest BCUT2D eigenvalue weighted by atomic mass is 16.5. The van der Waals surface area contributed by atoms with Crippen LogP contribution in [0.4, 0.5) is 0 Å². The van der Waals surface area contributed by atoms with Crippen molar-refractivity contribution in [1.29, 1.82) is 0 Å². The maximum atomic E-state index is 13.3. The van der Waals surface area contributed by atoms with Gasteiger partial charge in [-0.1, -0.05) is 0 Å². The van der Waals surface area contributed by atoms with Crippen LogP contribution in [0.2, 0.25) is 0 Å². The van der Waals surface area contributed by atoms with Gasteiger partial charge in [0.25, 0.3) is 0 Å². The third kappa shape index (κ3) is 3.69. The molecular weight excluding hydrogens is 400 g/mol. The van der Waals surface area contributed by atoms with Gasteiger partial charge in [0.05, 0.1) is 16.8 Å². The molecule has 1 aliphatic carbocycles. The normalized spacial score (nSPS) is 28.3. The summed E-state index contributed by atoms with van der Waals surface area (Å²) in [5.41, 5.74) is 1.21. The SMILES string of the molecule is C[C@H]1C[C@]2(CC[C@@H](NCc3ccc(-n4cnnn4)nn3)CC2)C(=O)N1C1=CC(=O)OC1. The Morgan fingerprint density at radius 2 is 2.06 bits per heavy atom. The summed E-state index contributed by atoms with van der Waals surface area (Å²) in [5.74, 6) is 0.348. The van der Waals surface area contributed by atoms with Crippen molar-refractivity contribution < 1.29 is 14.3 Å². The van der Waals surface area contributed by atoms with E-state index in [-0.39, 0.29) is 29.9 Å². The summed E-state index contributed by atoms with van der Waals surface area (Å²) in [6.45, 7) is 2.87. The lowest BCUT2D eigenvalue weighted by atomic mass is 9.70. The van der Waals surface area contributed by atoms with E-state index < -0.39 is 0 Å². The number of rotatable bonds is 5. The number of carbonyl (C=O) groups is 2. The molecule has 0 radical (unpaired) electrons. The van der Waals surface area contributed by atoms with Gasteiger partial charge < -0.3 is 15.0 Å². The van der Waals surface area contributed by atoms with Gasteiger partial charge in [0.15, 0.2) is 5.82 Å². The molecule has 11 nitrogen and oxygen atoms in total. The van der Waals surface area contributed by atoms with Crippen molar-refractivity contribution in [3.8, 4) is 5.82 Å². The fourth-order valence-electron chi connectivity index (χ4n) is 4.99. The Morgan fingerprint density at radius 3 is 2.71 bits per heavy atom. The zero-order valence-corrected chi connectivity index (χ0v) is 17.3. The Balaban J connectivity index is 1.16. The summed E-state index contributed by atoms with van der Waals surface area (Å²) in [5, 5.41) is 22.9. The first-order valence-corrected chi connectivity index (χ1v) is 10.5. The topological polar surface area (TPSA) is 128 Å². The van der Waals surface area contributed by atoms with Crippen LogP contribution in [-0.2, 0) is 20.9 Å². The number of likely N-dealkylation sites (tertiary alicyclic amines) is 1. The minimum Gasteiger partial charge on any atom is -0.456 e. The number of aromatic nitrogens is 6. The molecule has 3 aliphatic rings. The zero-order chi connectivity index (χ0) is 21.4. The molecule has 5 rings (SSSR count). The van der Waals surface area contributed by atoms with Crippen molar-refractivity contribution in [2.45, 2.75) is 57.7 Å². The highest BCUT2D eigenvalue weighted by molar-refractivity contribution is 5.91. The first-order chi connectivity index (χ1) is 15.0. The van der Waals surface area contributed by atoms with Gasteiger partial charge in [-0.15, -0.1) is 10.2 Å². The monoisotopic (exact) mass is 424 g/mol. The molecule has 1 saturated heterocycles. The number of hydrogen-bond donors (Lipinski definition) is 1. The third-order valence-corrected chi connectivity index (χ3v) is 6.56. The Labute approximate surface area is 178 Å². The molecule has 31 heavy (non-hydrogen) atoms. The van der Waals surface area contributed by atoms with E-state index in [9.17, 15) is 9.59 Å². The molecule has 0 bridgehead atoms. The van der Waals surface area contributed by atoms with Crippen LogP contribution in [0.15, 0.2) is 30.2 Å². The molecule has 2 aromatic heterocycles. The molecule has 2 fully saturated rings. The van der Waals surface area contributed by atoms with Crippen molar-refractivity contribution in [2.75, 3.05) is 6.61 Å². The van der Waals surface area contributed by atoms with E-state index in [1.807, 2.05) is 12.1 Å². The van der Waals surface area contributed by atoms with Gasteiger partial charge in [-0.2, -0.15) is 9.78 Å². The largest absolute Gasteiger partial charge is 0.456 e. The summed E-state index contributed by atoms with van der Waals surface area (Å²) in [7, 11) is 0. The van der Waals surface area contributed by atoms with Crippen molar-refractivity contribution in [3.05, 3.63) is 35.9 Å². The predicted octanol–water partition coefficient (Wildman–Crippen LogP) is 0.532. The first-order valence-electron chi connectivity index (χ1n) is 10.5. The van der Waals surface area contributed by atoms with Gasteiger partial charge in [-0.25, -0.2) is 4.79 Å². The van der Waals surface area contributed by atoms with Gasteiger partial charge in [0.2, 0.25) is 5.91 Å². The Bertz CT molecular complexity index is 996. The lowest BCUT2D eigenvalue weighted by Crippen LogP contribution is -2.42. The van der Waals surface area contributed by atoms with Crippen molar-refractivity contribution in [3.63, 3.8) is 0 Å². The maximum Gasteiger partial charge on any atom is 0.333 e. The van der Waals surface area contributed by atoms with Crippen molar-refractivity contribution in [2.24, 2.45) is 5.41 Å². The number of nitrogens with zero attached hydrogens (tertiary/aromatic N) is 7. The lowest BCUT2D eigenvalue weighted by Gasteiger charge is -2.36. The molecule has 1 N–H and O–H groups in total. The van der Waals surface area contributed by atoms with Crippen LogP contribution in [0.5, 0.6) is 0 Å². The molecule has 4 heterocycles. The van der Waals surface area contributed by atoms with Crippen LogP contribution in [0.1, 0.15) is 44.7 Å². The van der Waals surface area contributed by atoms with Crippen LogP contribution < -0.4 is 5.32 Å². The standard InChI is InChI=1S/C20H24N8O3/c1-13-9-20(19(30)28(13)16-8-18(29)31-11-16)6-4-14(5-7-20)21-10-15-2-3-17(24-23-15)27-12-22-25-26-27/h2-3,8,12-14,21H,4-7,9-11H2,1H3/t13-,14-,20-/m0/s1. The number of esters is 1. The zero-order valence-electron chi connectivity index (χ0n) is 17.3. The van der Waals surface area contributed by atoms with Crippen LogP contribution >= 0.6 is 0 Å². The van der Waals surface area contributed by atoms with Crippen molar-refractivity contribution >= 4 is 11.9 Å². The summed E-state index contributed by atoms with van der Waals surface area (Å²) >= 11 is 0. The third-order valence-electron chi connectivity index (χ3n) is 6.56. The number of hydrogen-bond acceptors (Lipinski definition) is 9. The highest BCUT2D eigenvalue weighted by Gasteiger charge is 2.52.